The molecule has 1 heterocycles. The Hall–Kier alpha value is -1.52. The number of halogens is 2. The number of carboxylic acids is 1. The van der Waals surface area contributed by atoms with Gasteiger partial charge in [0.1, 0.15) is 10.7 Å². The quantitative estimate of drug-likeness (QED) is 0.899. The summed E-state index contributed by atoms with van der Waals surface area (Å²) in [6.07, 6.45) is 1.21. The van der Waals surface area contributed by atoms with Crippen LogP contribution in [0.5, 0.6) is 0 Å². The fraction of sp³-hybridized carbons (Fsp3) is 0. The van der Waals surface area contributed by atoms with Gasteiger partial charge in [0.2, 0.25) is 0 Å². The Bertz CT molecular complexity index is 534. The largest absolute Gasteiger partial charge is 0.478 e. The van der Waals surface area contributed by atoms with Crippen molar-refractivity contribution in [3.8, 4) is 5.69 Å². The van der Waals surface area contributed by atoms with Gasteiger partial charge in [-0.2, -0.15) is 5.10 Å². The highest BCUT2D eigenvalue weighted by Gasteiger charge is 2.15. The van der Waals surface area contributed by atoms with E-state index in [4.69, 9.17) is 28.3 Å². The van der Waals surface area contributed by atoms with Crippen molar-refractivity contribution < 1.29 is 9.90 Å². The summed E-state index contributed by atoms with van der Waals surface area (Å²) in [5, 5.41) is 13.4. The average Bonchev–Trinajstić information content (AvgIpc) is 2.61. The molecule has 4 nitrogen and oxygen atoms in total. The topological polar surface area (TPSA) is 55.1 Å². The lowest BCUT2D eigenvalue weighted by atomic mass is 10.3. The van der Waals surface area contributed by atoms with Crippen molar-refractivity contribution in [3.63, 3.8) is 0 Å². The fourth-order valence-corrected chi connectivity index (χ4v) is 1.64. The number of aromatic nitrogens is 2. The number of carboxylic acid groups (broad SMARTS) is 1. The van der Waals surface area contributed by atoms with E-state index in [-0.39, 0.29) is 10.7 Å². The van der Waals surface area contributed by atoms with Gasteiger partial charge in [0.05, 0.1) is 11.9 Å². The molecule has 0 unspecified atom stereocenters. The molecule has 16 heavy (non-hydrogen) atoms. The van der Waals surface area contributed by atoms with Gasteiger partial charge in [0.25, 0.3) is 0 Å². The van der Waals surface area contributed by atoms with Crippen LogP contribution in [0.4, 0.5) is 0 Å². The molecule has 1 aromatic heterocycles. The van der Waals surface area contributed by atoms with Crippen LogP contribution in [-0.4, -0.2) is 20.9 Å². The van der Waals surface area contributed by atoms with E-state index in [1.165, 1.54) is 10.9 Å². The number of hydrogen-bond donors (Lipinski definition) is 1. The van der Waals surface area contributed by atoms with E-state index in [9.17, 15) is 4.79 Å². The monoisotopic (exact) mass is 256 g/mol. The van der Waals surface area contributed by atoms with Crippen LogP contribution in [0.25, 0.3) is 5.69 Å². The SMILES string of the molecule is O=C(O)c1cnn(-c2ccc(Cl)cc2)c1Cl. The summed E-state index contributed by atoms with van der Waals surface area (Å²) in [4.78, 5) is 10.8. The average molecular weight is 257 g/mol. The highest BCUT2D eigenvalue weighted by Crippen LogP contribution is 2.21. The molecule has 0 aliphatic rings. The zero-order valence-corrected chi connectivity index (χ0v) is 9.40. The van der Waals surface area contributed by atoms with E-state index in [1.807, 2.05) is 0 Å². The molecule has 0 aliphatic heterocycles. The Labute approximate surface area is 101 Å². The third-order valence-corrected chi connectivity index (χ3v) is 2.63. The number of hydrogen-bond acceptors (Lipinski definition) is 2. The molecular weight excluding hydrogens is 251 g/mol. The number of rotatable bonds is 2. The van der Waals surface area contributed by atoms with Crippen molar-refractivity contribution in [2.45, 2.75) is 0 Å². The molecule has 1 aromatic carbocycles. The molecule has 1 N–H and O–H groups in total. The molecule has 0 amide bonds. The molecule has 0 atom stereocenters. The van der Waals surface area contributed by atoms with Crippen LogP contribution in [0.15, 0.2) is 30.5 Å². The van der Waals surface area contributed by atoms with Crippen molar-refractivity contribution >= 4 is 29.2 Å². The van der Waals surface area contributed by atoms with E-state index >= 15 is 0 Å². The van der Waals surface area contributed by atoms with Crippen molar-refractivity contribution in [2.75, 3.05) is 0 Å². The molecule has 0 saturated heterocycles. The molecule has 0 fully saturated rings. The summed E-state index contributed by atoms with van der Waals surface area (Å²) >= 11 is 11.6. The molecule has 0 bridgehead atoms. The van der Waals surface area contributed by atoms with E-state index < -0.39 is 5.97 Å². The first-order valence-electron chi connectivity index (χ1n) is 4.32. The summed E-state index contributed by atoms with van der Waals surface area (Å²) in [5.74, 6) is -1.11. The normalized spacial score (nSPS) is 10.4. The fourth-order valence-electron chi connectivity index (χ4n) is 1.24. The predicted molar refractivity (Wildman–Crippen MR) is 60.5 cm³/mol. The van der Waals surface area contributed by atoms with Gasteiger partial charge in [-0.05, 0) is 24.3 Å². The van der Waals surface area contributed by atoms with Crippen LogP contribution in [0, 0.1) is 0 Å². The van der Waals surface area contributed by atoms with Gasteiger partial charge >= 0.3 is 5.97 Å². The molecule has 0 saturated carbocycles. The summed E-state index contributed by atoms with van der Waals surface area (Å²) in [5.41, 5.74) is 0.624. The second kappa shape index (κ2) is 4.15. The minimum atomic E-state index is -1.11. The van der Waals surface area contributed by atoms with Crippen LogP contribution in [0.1, 0.15) is 10.4 Å². The molecule has 0 spiro atoms. The van der Waals surface area contributed by atoms with E-state index in [2.05, 4.69) is 5.10 Å². The van der Waals surface area contributed by atoms with Crippen LogP contribution in [-0.2, 0) is 0 Å². The zero-order valence-electron chi connectivity index (χ0n) is 7.89. The first-order valence-corrected chi connectivity index (χ1v) is 5.08. The lowest BCUT2D eigenvalue weighted by Gasteiger charge is -2.02. The third-order valence-electron chi connectivity index (χ3n) is 2.01. The Morgan fingerprint density at radius 1 is 1.25 bits per heavy atom. The number of nitrogens with zero attached hydrogens (tertiary/aromatic N) is 2. The Morgan fingerprint density at radius 2 is 1.88 bits per heavy atom. The Kier molecular flexibility index (Phi) is 2.85. The molecule has 82 valence electrons. The zero-order chi connectivity index (χ0) is 11.7. The molecule has 0 aliphatic carbocycles. The lowest BCUT2D eigenvalue weighted by Crippen LogP contribution is -1.98. The second-order valence-corrected chi connectivity index (χ2v) is 3.84. The second-order valence-electron chi connectivity index (χ2n) is 3.04. The van der Waals surface area contributed by atoms with Gasteiger partial charge in [0.15, 0.2) is 0 Å². The highest BCUT2D eigenvalue weighted by molar-refractivity contribution is 6.32. The van der Waals surface area contributed by atoms with E-state index in [1.54, 1.807) is 24.3 Å². The van der Waals surface area contributed by atoms with Crippen molar-refractivity contribution in [1.29, 1.82) is 0 Å². The summed E-state index contributed by atoms with van der Waals surface area (Å²) in [6, 6.07) is 6.75. The van der Waals surface area contributed by atoms with Gasteiger partial charge in [-0.3, -0.25) is 0 Å². The van der Waals surface area contributed by atoms with Crippen LogP contribution >= 0.6 is 23.2 Å². The minimum absolute atomic E-state index is 0.0309. The summed E-state index contributed by atoms with van der Waals surface area (Å²) in [6.45, 7) is 0. The third kappa shape index (κ3) is 1.89. The van der Waals surface area contributed by atoms with Crippen LogP contribution in [0.2, 0.25) is 10.2 Å². The Balaban J connectivity index is 2.49. The summed E-state index contributed by atoms with van der Waals surface area (Å²) < 4.78 is 1.33. The van der Waals surface area contributed by atoms with Crippen LogP contribution in [0.3, 0.4) is 0 Å². The maximum Gasteiger partial charge on any atom is 0.340 e. The maximum atomic E-state index is 10.8. The van der Waals surface area contributed by atoms with Gasteiger partial charge in [-0.1, -0.05) is 23.2 Å². The van der Waals surface area contributed by atoms with Gasteiger partial charge in [-0.25, -0.2) is 9.48 Å². The standard InChI is InChI=1S/C10H6Cl2N2O2/c11-6-1-3-7(4-2-6)14-9(12)8(5-13-14)10(15)16/h1-5H,(H,15,16). The van der Waals surface area contributed by atoms with Gasteiger partial charge in [-0.15, -0.1) is 0 Å². The van der Waals surface area contributed by atoms with Crippen molar-refractivity contribution in [1.82, 2.24) is 9.78 Å². The molecule has 0 radical (unpaired) electrons. The number of benzene rings is 1. The van der Waals surface area contributed by atoms with E-state index in [0.717, 1.165) is 0 Å². The predicted octanol–water partition coefficient (Wildman–Crippen LogP) is 2.88. The Morgan fingerprint density at radius 3 is 2.38 bits per heavy atom. The highest BCUT2D eigenvalue weighted by atomic mass is 35.5. The first kappa shape index (κ1) is 11.0. The van der Waals surface area contributed by atoms with Gasteiger partial charge in [0, 0.05) is 5.02 Å². The molecule has 6 heteroatoms. The maximum absolute atomic E-state index is 10.8. The minimum Gasteiger partial charge on any atom is -0.478 e. The van der Waals surface area contributed by atoms with Crippen molar-refractivity contribution in [2.24, 2.45) is 0 Å². The molecule has 2 rings (SSSR count). The first-order chi connectivity index (χ1) is 7.59. The summed E-state index contributed by atoms with van der Waals surface area (Å²) in [7, 11) is 0. The molecule has 2 aromatic rings. The van der Waals surface area contributed by atoms with Crippen molar-refractivity contribution in [3.05, 3.63) is 46.2 Å². The number of carbonyl (C=O) groups is 1. The lowest BCUT2D eigenvalue weighted by molar-refractivity contribution is 0.0697. The number of aromatic carboxylic acids is 1. The smallest absolute Gasteiger partial charge is 0.340 e. The van der Waals surface area contributed by atoms with Crippen LogP contribution < -0.4 is 0 Å². The van der Waals surface area contributed by atoms with E-state index in [0.29, 0.717) is 10.7 Å². The molecular formula is C10H6Cl2N2O2. The van der Waals surface area contributed by atoms with Gasteiger partial charge < -0.3 is 5.11 Å².